The predicted octanol–water partition coefficient (Wildman–Crippen LogP) is -3.05. The number of nitrogens with two attached hydrogens (primary N) is 1. The molecular weight excluding hydrogens is 434 g/mol. The molecule has 4 atom stereocenters. The van der Waals surface area contributed by atoms with Gasteiger partial charge in [-0.2, -0.15) is 12.6 Å². The van der Waals surface area contributed by atoms with Gasteiger partial charge in [-0.05, 0) is 25.8 Å². The van der Waals surface area contributed by atoms with E-state index in [0.29, 0.717) is 13.0 Å². The van der Waals surface area contributed by atoms with Crippen LogP contribution < -0.4 is 27.0 Å². The van der Waals surface area contributed by atoms with Gasteiger partial charge < -0.3 is 37.2 Å². The SMILES string of the molecule is NC(=O)CCC(NC(=O)C1CCCN1)C(=O)NC(CS)C(=O)NC(CC(=O)O)C(=O)O. The van der Waals surface area contributed by atoms with E-state index < -0.39 is 66.2 Å². The number of carbonyl (C=O) groups excluding carboxylic acids is 4. The number of hydrogen-bond donors (Lipinski definition) is 8. The molecule has 0 radical (unpaired) electrons. The topological polar surface area (TPSA) is 217 Å². The molecular formula is C17H27N5O8S. The standard InChI is InChI=1S/C17H27N5O8S/c18-12(23)4-3-9(20-14(26)8-2-1-5-19-8)15(27)22-11(7-31)16(28)21-10(17(29)30)6-13(24)25/h8-11,19,31H,1-7H2,(H2,18,23)(H,20,26)(H,21,28)(H,22,27)(H,24,25)(H,29,30). The van der Waals surface area contributed by atoms with E-state index in [1.807, 2.05) is 5.32 Å². The molecule has 0 aliphatic carbocycles. The average molecular weight is 461 g/mol. The summed E-state index contributed by atoms with van der Waals surface area (Å²) in [5.41, 5.74) is 5.12. The molecule has 13 nitrogen and oxygen atoms in total. The van der Waals surface area contributed by atoms with Gasteiger partial charge in [-0.3, -0.25) is 24.0 Å². The second-order valence-electron chi connectivity index (χ2n) is 6.96. The van der Waals surface area contributed by atoms with Crippen molar-refractivity contribution < 1.29 is 39.0 Å². The zero-order valence-electron chi connectivity index (χ0n) is 16.6. The van der Waals surface area contributed by atoms with Crippen molar-refractivity contribution in [2.24, 2.45) is 5.73 Å². The molecule has 8 N–H and O–H groups in total. The third-order valence-electron chi connectivity index (χ3n) is 4.50. The minimum atomic E-state index is -1.71. The highest BCUT2D eigenvalue weighted by Gasteiger charge is 2.31. The van der Waals surface area contributed by atoms with Crippen LogP contribution in [-0.4, -0.2) is 82.2 Å². The largest absolute Gasteiger partial charge is 0.481 e. The van der Waals surface area contributed by atoms with Gasteiger partial charge in [0.05, 0.1) is 12.5 Å². The Morgan fingerprint density at radius 1 is 1.00 bits per heavy atom. The van der Waals surface area contributed by atoms with Gasteiger partial charge in [-0.25, -0.2) is 4.79 Å². The molecule has 1 aliphatic rings. The summed E-state index contributed by atoms with van der Waals surface area (Å²) < 4.78 is 0. The van der Waals surface area contributed by atoms with E-state index in [0.717, 1.165) is 6.42 Å². The first-order chi connectivity index (χ1) is 14.5. The smallest absolute Gasteiger partial charge is 0.326 e. The first kappa shape index (κ1) is 26.2. The molecule has 1 heterocycles. The Hall–Kier alpha value is -2.87. The summed E-state index contributed by atoms with van der Waals surface area (Å²) in [5.74, 6) is -6.13. The summed E-state index contributed by atoms with van der Waals surface area (Å²) in [7, 11) is 0. The molecule has 4 unspecified atom stereocenters. The number of aliphatic carboxylic acids is 2. The average Bonchev–Trinajstić information content (AvgIpc) is 3.22. The van der Waals surface area contributed by atoms with Gasteiger partial charge in [-0.1, -0.05) is 0 Å². The number of primary amides is 1. The number of carbonyl (C=O) groups is 6. The van der Waals surface area contributed by atoms with Crippen molar-refractivity contribution in [2.75, 3.05) is 12.3 Å². The van der Waals surface area contributed by atoms with E-state index in [2.05, 4.69) is 28.6 Å². The van der Waals surface area contributed by atoms with Crippen LogP contribution in [0, 0.1) is 0 Å². The van der Waals surface area contributed by atoms with Gasteiger partial charge in [-0.15, -0.1) is 0 Å². The van der Waals surface area contributed by atoms with Gasteiger partial charge in [0.2, 0.25) is 23.6 Å². The fourth-order valence-electron chi connectivity index (χ4n) is 2.85. The Morgan fingerprint density at radius 3 is 2.10 bits per heavy atom. The third kappa shape index (κ3) is 9.21. The molecule has 0 aromatic heterocycles. The highest BCUT2D eigenvalue weighted by molar-refractivity contribution is 7.80. The van der Waals surface area contributed by atoms with E-state index in [1.54, 1.807) is 0 Å². The highest BCUT2D eigenvalue weighted by atomic mass is 32.1. The maximum Gasteiger partial charge on any atom is 0.326 e. The predicted molar refractivity (Wildman–Crippen MR) is 109 cm³/mol. The first-order valence-corrected chi connectivity index (χ1v) is 10.2. The lowest BCUT2D eigenvalue weighted by atomic mass is 10.1. The van der Waals surface area contributed by atoms with Gasteiger partial charge in [0.1, 0.15) is 18.1 Å². The van der Waals surface area contributed by atoms with Gasteiger partial charge in [0.15, 0.2) is 0 Å². The fraction of sp³-hybridized carbons (Fsp3) is 0.647. The Labute approximate surface area is 183 Å². The Morgan fingerprint density at radius 2 is 1.61 bits per heavy atom. The monoisotopic (exact) mass is 461 g/mol. The summed E-state index contributed by atoms with van der Waals surface area (Å²) >= 11 is 3.96. The molecule has 1 aliphatic heterocycles. The van der Waals surface area contributed by atoms with Crippen LogP contribution in [0.25, 0.3) is 0 Å². The molecule has 0 aromatic carbocycles. The maximum absolute atomic E-state index is 12.7. The Balaban J connectivity index is 2.82. The van der Waals surface area contributed by atoms with E-state index >= 15 is 0 Å². The Bertz CT molecular complexity index is 713. The van der Waals surface area contributed by atoms with E-state index in [4.69, 9.17) is 15.9 Å². The van der Waals surface area contributed by atoms with Crippen molar-refractivity contribution in [3.8, 4) is 0 Å². The van der Waals surface area contributed by atoms with Crippen molar-refractivity contribution in [3.63, 3.8) is 0 Å². The molecule has 174 valence electrons. The molecule has 0 bridgehead atoms. The van der Waals surface area contributed by atoms with E-state index in [9.17, 15) is 28.8 Å². The lowest BCUT2D eigenvalue weighted by Crippen LogP contribution is -2.57. The number of rotatable bonds is 13. The first-order valence-electron chi connectivity index (χ1n) is 9.53. The second kappa shape index (κ2) is 12.7. The number of carboxylic acids is 2. The Kier molecular flexibility index (Phi) is 10.8. The molecule has 0 spiro atoms. The minimum Gasteiger partial charge on any atom is -0.481 e. The molecule has 1 saturated heterocycles. The van der Waals surface area contributed by atoms with Crippen molar-refractivity contribution in [1.29, 1.82) is 0 Å². The normalized spacial score (nSPS) is 18.3. The van der Waals surface area contributed by atoms with Crippen LogP contribution in [-0.2, 0) is 28.8 Å². The van der Waals surface area contributed by atoms with Crippen LogP contribution in [0.15, 0.2) is 0 Å². The zero-order chi connectivity index (χ0) is 23.6. The fourth-order valence-corrected chi connectivity index (χ4v) is 3.11. The van der Waals surface area contributed by atoms with Crippen LogP contribution in [0.5, 0.6) is 0 Å². The van der Waals surface area contributed by atoms with Crippen molar-refractivity contribution in [1.82, 2.24) is 21.3 Å². The van der Waals surface area contributed by atoms with Crippen LogP contribution in [0.3, 0.4) is 0 Å². The summed E-state index contributed by atoms with van der Waals surface area (Å²) in [6.07, 6.45) is 0.197. The van der Waals surface area contributed by atoms with Gasteiger partial charge in [0.25, 0.3) is 0 Å². The van der Waals surface area contributed by atoms with Gasteiger partial charge in [0, 0.05) is 12.2 Å². The number of amides is 4. The van der Waals surface area contributed by atoms with Crippen LogP contribution >= 0.6 is 12.6 Å². The van der Waals surface area contributed by atoms with E-state index in [-0.39, 0.29) is 18.6 Å². The summed E-state index contributed by atoms with van der Waals surface area (Å²) in [4.78, 5) is 70.3. The molecule has 0 aromatic rings. The number of carboxylic acid groups (broad SMARTS) is 2. The summed E-state index contributed by atoms with van der Waals surface area (Å²) in [5, 5.41) is 27.6. The number of nitrogens with one attached hydrogen (secondary N) is 4. The lowest BCUT2D eigenvalue weighted by molar-refractivity contribution is -0.147. The molecule has 4 amide bonds. The highest BCUT2D eigenvalue weighted by Crippen LogP contribution is 2.07. The second-order valence-corrected chi connectivity index (χ2v) is 7.32. The molecule has 31 heavy (non-hydrogen) atoms. The zero-order valence-corrected chi connectivity index (χ0v) is 17.5. The van der Waals surface area contributed by atoms with Crippen LogP contribution in [0.2, 0.25) is 0 Å². The molecule has 1 fully saturated rings. The van der Waals surface area contributed by atoms with Gasteiger partial charge >= 0.3 is 11.9 Å². The molecule has 1 rings (SSSR count). The minimum absolute atomic E-state index is 0.114. The quantitative estimate of drug-likeness (QED) is 0.130. The number of hydrogen-bond acceptors (Lipinski definition) is 8. The van der Waals surface area contributed by atoms with Crippen LogP contribution in [0.4, 0.5) is 0 Å². The molecule has 14 heteroatoms. The van der Waals surface area contributed by atoms with E-state index in [1.165, 1.54) is 0 Å². The third-order valence-corrected chi connectivity index (χ3v) is 4.86. The van der Waals surface area contributed by atoms with Crippen LogP contribution in [0.1, 0.15) is 32.1 Å². The van der Waals surface area contributed by atoms with Crippen molar-refractivity contribution in [2.45, 2.75) is 56.3 Å². The maximum atomic E-state index is 12.7. The van der Waals surface area contributed by atoms with Crippen molar-refractivity contribution >= 4 is 48.2 Å². The summed E-state index contributed by atoms with van der Waals surface area (Å²) in [6, 6.07) is -4.68. The summed E-state index contributed by atoms with van der Waals surface area (Å²) in [6.45, 7) is 0.652. The molecule has 0 saturated carbocycles. The lowest BCUT2D eigenvalue weighted by Gasteiger charge is -2.24. The number of thiol groups is 1. The van der Waals surface area contributed by atoms with Crippen molar-refractivity contribution in [3.05, 3.63) is 0 Å².